The molecule has 1 rings (SSSR count). The van der Waals surface area contributed by atoms with Gasteiger partial charge in [0.25, 0.3) is 0 Å². The summed E-state index contributed by atoms with van der Waals surface area (Å²) in [5.41, 5.74) is 0. The highest BCUT2D eigenvalue weighted by Crippen LogP contribution is 2.27. The Labute approximate surface area is 140 Å². The number of aliphatic imine (C=N–C) groups is 1. The number of urea groups is 1. The quantitative estimate of drug-likeness (QED) is 0.445. The number of rotatable bonds is 1. The number of nitrogens with zero attached hydrogens (tertiary/aromatic N) is 3. The second-order valence-electron chi connectivity index (χ2n) is 5.28. The van der Waals surface area contributed by atoms with Crippen LogP contribution in [0, 0.1) is 0 Å². The minimum atomic E-state index is -0.617. The summed E-state index contributed by atoms with van der Waals surface area (Å²) >= 11 is 12.3. The molecule has 0 aromatic rings. The van der Waals surface area contributed by atoms with E-state index in [-0.39, 0.29) is 22.8 Å². The highest BCUT2D eigenvalue weighted by atomic mass is 35.5. The molecule has 0 heterocycles. The average molecular weight is 353 g/mol. The first-order chi connectivity index (χ1) is 10.3. The van der Waals surface area contributed by atoms with Crippen LogP contribution in [0.4, 0.5) is 9.59 Å². The molecule has 1 N–H and O–H groups in total. The number of halogens is 2. The lowest BCUT2D eigenvalue weighted by molar-refractivity contribution is 0.149. The average Bonchev–Trinajstić information content (AvgIpc) is 2.47. The molecule has 0 bridgehead atoms. The van der Waals surface area contributed by atoms with E-state index in [9.17, 15) is 9.59 Å². The van der Waals surface area contributed by atoms with Crippen molar-refractivity contribution in [1.82, 2.24) is 15.1 Å². The molecule has 0 radical (unpaired) electrons. The van der Waals surface area contributed by atoms with E-state index in [0.717, 1.165) is 24.2 Å². The molecule has 1 aliphatic carbocycles. The maximum absolute atomic E-state index is 12.1. The smallest absolute Gasteiger partial charge is 0.416 e. The Balaban J connectivity index is 2.79. The van der Waals surface area contributed by atoms with Gasteiger partial charge in [0, 0.05) is 27.2 Å². The molecule has 9 heteroatoms. The van der Waals surface area contributed by atoms with Crippen LogP contribution in [0.1, 0.15) is 19.3 Å². The Morgan fingerprint density at radius 1 is 1.23 bits per heavy atom. The molecule has 0 spiro atoms. The van der Waals surface area contributed by atoms with Crippen molar-refractivity contribution < 1.29 is 14.3 Å². The fraction of sp³-hybridized carbons (Fsp3) is 0.769. The van der Waals surface area contributed by atoms with Crippen LogP contribution in [0.2, 0.25) is 0 Å². The van der Waals surface area contributed by atoms with Gasteiger partial charge in [-0.2, -0.15) is 4.99 Å². The molecule has 22 heavy (non-hydrogen) atoms. The van der Waals surface area contributed by atoms with Crippen LogP contribution < -0.4 is 5.32 Å². The molecule has 1 aliphatic rings. The Bertz CT molecular complexity index is 445. The van der Waals surface area contributed by atoms with Crippen LogP contribution >= 0.6 is 23.2 Å². The van der Waals surface area contributed by atoms with Gasteiger partial charge in [-0.15, -0.1) is 23.2 Å². The molecule has 3 atom stereocenters. The molecule has 1 fully saturated rings. The summed E-state index contributed by atoms with van der Waals surface area (Å²) in [6, 6.07) is -0.804. The summed E-state index contributed by atoms with van der Waals surface area (Å²) in [5, 5.41) is 2.24. The number of methoxy groups -OCH3 is 1. The number of guanidine groups is 1. The third-order valence-corrected chi connectivity index (χ3v) is 4.61. The maximum Gasteiger partial charge on any atom is 0.416 e. The van der Waals surface area contributed by atoms with Gasteiger partial charge in [-0.1, -0.05) is 0 Å². The lowest BCUT2D eigenvalue weighted by Gasteiger charge is -2.31. The van der Waals surface area contributed by atoms with E-state index in [4.69, 9.17) is 23.2 Å². The maximum atomic E-state index is 12.1. The number of ether oxygens (including phenoxy) is 1. The second kappa shape index (κ2) is 8.43. The van der Waals surface area contributed by atoms with Gasteiger partial charge in [0.15, 0.2) is 0 Å². The number of carbonyl (C=O) groups is 2. The number of nitrogens with one attached hydrogen (secondary N) is 1. The van der Waals surface area contributed by atoms with Gasteiger partial charge in [0.2, 0.25) is 5.96 Å². The molecular weight excluding hydrogens is 331 g/mol. The van der Waals surface area contributed by atoms with E-state index >= 15 is 0 Å². The fourth-order valence-electron chi connectivity index (χ4n) is 2.23. The molecule has 7 nitrogen and oxygen atoms in total. The van der Waals surface area contributed by atoms with Crippen LogP contribution in [-0.2, 0) is 4.74 Å². The van der Waals surface area contributed by atoms with Gasteiger partial charge in [-0.25, -0.2) is 9.59 Å². The molecule has 3 amide bonds. The highest BCUT2D eigenvalue weighted by Gasteiger charge is 2.31. The summed E-state index contributed by atoms with van der Waals surface area (Å²) in [5.74, 6) is 0.161. The molecule has 3 unspecified atom stereocenters. The largest absolute Gasteiger partial charge is 0.452 e. The van der Waals surface area contributed by atoms with Gasteiger partial charge in [0.1, 0.15) is 0 Å². The normalized spacial score (nSPS) is 25.4. The number of hydrogen-bond donors (Lipinski definition) is 1. The zero-order valence-corrected chi connectivity index (χ0v) is 14.7. The molecule has 0 aromatic heterocycles. The van der Waals surface area contributed by atoms with Gasteiger partial charge >= 0.3 is 12.1 Å². The van der Waals surface area contributed by atoms with E-state index in [1.165, 1.54) is 14.2 Å². The summed E-state index contributed by atoms with van der Waals surface area (Å²) in [4.78, 5) is 30.2. The van der Waals surface area contributed by atoms with Crippen molar-refractivity contribution in [3.63, 3.8) is 0 Å². The van der Waals surface area contributed by atoms with E-state index in [1.54, 1.807) is 19.0 Å². The Morgan fingerprint density at radius 2 is 1.86 bits per heavy atom. The molecule has 0 aliphatic heterocycles. The predicted molar refractivity (Wildman–Crippen MR) is 86.7 cm³/mol. The number of amides is 3. The van der Waals surface area contributed by atoms with Crippen LogP contribution in [0.15, 0.2) is 4.99 Å². The van der Waals surface area contributed by atoms with Crippen molar-refractivity contribution in [1.29, 1.82) is 0 Å². The molecule has 126 valence electrons. The van der Waals surface area contributed by atoms with Crippen LogP contribution in [0.3, 0.4) is 0 Å². The van der Waals surface area contributed by atoms with E-state index in [2.05, 4.69) is 15.0 Å². The first-order valence-corrected chi connectivity index (χ1v) is 7.81. The fourth-order valence-corrected chi connectivity index (χ4v) is 2.88. The van der Waals surface area contributed by atoms with Crippen molar-refractivity contribution in [2.45, 2.75) is 36.1 Å². The molecule has 0 saturated heterocycles. The van der Waals surface area contributed by atoms with Crippen LogP contribution in [0.5, 0.6) is 0 Å². The van der Waals surface area contributed by atoms with Crippen molar-refractivity contribution in [3.8, 4) is 0 Å². The van der Waals surface area contributed by atoms with Gasteiger partial charge in [0.05, 0.1) is 17.9 Å². The lowest BCUT2D eigenvalue weighted by atomic mass is 9.94. The first-order valence-electron chi connectivity index (χ1n) is 6.94. The van der Waals surface area contributed by atoms with Crippen molar-refractivity contribution >= 4 is 41.3 Å². The topological polar surface area (TPSA) is 74.2 Å². The van der Waals surface area contributed by atoms with Crippen molar-refractivity contribution in [3.05, 3.63) is 0 Å². The zero-order valence-electron chi connectivity index (χ0n) is 13.2. The lowest BCUT2D eigenvalue weighted by Crippen LogP contribution is -2.48. The highest BCUT2D eigenvalue weighted by molar-refractivity contribution is 6.30. The SMILES string of the molecule is COC(=O)N(C)/C(=N/C(=O)NC1CCCC(Cl)C1Cl)N(C)C. The minimum Gasteiger partial charge on any atom is -0.452 e. The zero-order chi connectivity index (χ0) is 16.9. The van der Waals surface area contributed by atoms with Crippen LogP contribution in [-0.4, -0.2) is 72.9 Å². The standard InChI is InChI=1S/C13H22Cl2N4O3/c1-18(2)12(19(3)13(21)22-4)17-11(20)16-9-7-5-6-8(14)10(9)15/h8-10H,5-7H2,1-4H3,(H,16,20)/b17-12+. The number of hydrogen-bond acceptors (Lipinski definition) is 3. The Morgan fingerprint density at radius 3 is 2.41 bits per heavy atom. The summed E-state index contributed by atoms with van der Waals surface area (Å²) < 4.78 is 4.62. The Kier molecular flexibility index (Phi) is 7.22. The van der Waals surface area contributed by atoms with E-state index in [1.807, 2.05) is 0 Å². The number of alkyl halides is 2. The van der Waals surface area contributed by atoms with Crippen LogP contribution in [0.25, 0.3) is 0 Å². The van der Waals surface area contributed by atoms with Gasteiger partial charge in [-0.3, -0.25) is 4.90 Å². The van der Waals surface area contributed by atoms with Gasteiger partial charge < -0.3 is 15.0 Å². The summed E-state index contributed by atoms with van der Waals surface area (Å²) in [6.07, 6.45) is 1.87. The van der Waals surface area contributed by atoms with Crippen molar-refractivity contribution in [2.24, 2.45) is 4.99 Å². The Hall–Kier alpha value is -1.21. The second-order valence-corrected chi connectivity index (χ2v) is 6.35. The van der Waals surface area contributed by atoms with Crippen molar-refractivity contribution in [2.75, 3.05) is 28.3 Å². The monoisotopic (exact) mass is 352 g/mol. The molecular formula is C13H22Cl2N4O3. The van der Waals surface area contributed by atoms with E-state index < -0.39 is 12.1 Å². The minimum absolute atomic E-state index is 0.161. The number of carbonyl (C=O) groups excluding carboxylic acids is 2. The third-order valence-electron chi connectivity index (χ3n) is 3.38. The summed E-state index contributed by atoms with van der Waals surface area (Å²) in [6.45, 7) is 0. The first kappa shape index (κ1) is 18.8. The third kappa shape index (κ3) is 4.91. The molecule has 0 aromatic carbocycles. The van der Waals surface area contributed by atoms with Gasteiger partial charge in [-0.05, 0) is 19.3 Å². The molecule has 1 saturated carbocycles. The summed E-state index contributed by atoms with van der Waals surface area (Å²) in [7, 11) is 6.07. The van der Waals surface area contributed by atoms with E-state index in [0.29, 0.717) is 0 Å². The predicted octanol–water partition coefficient (Wildman–Crippen LogP) is 2.08.